The van der Waals surface area contributed by atoms with Crippen LogP contribution in [0.2, 0.25) is 0 Å². The van der Waals surface area contributed by atoms with E-state index in [2.05, 4.69) is 28.2 Å². The Morgan fingerprint density at radius 1 is 0.931 bits per heavy atom. The molecule has 2 aromatic carbocycles. The van der Waals surface area contributed by atoms with Crippen molar-refractivity contribution in [3.63, 3.8) is 0 Å². The van der Waals surface area contributed by atoms with Crippen LogP contribution in [-0.2, 0) is 17.9 Å². The van der Waals surface area contributed by atoms with Gasteiger partial charge in [-0.1, -0.05) is 62.2 Å². The Hall–Kier alpha value is -2.86. The van der Waals surface area contributed by atoms with E-state index in [0.29, 0.717) is 19.4 Å². The second kappa shape index (κ2) is 10.1. The van der Waals surface area contributed by atoms with Crippen molar-refractivity contribution in [2.24, 2.45) is 0 Å². The van der Waals surface area contributed by atoms with Gasteiger partial charge >= 0.3 is 6.03 Å². The molecule has 3 rings (SSSR count). The molecule has 6 nitrogen and oxygen atoms in total. The number of nitrogens with one attached hydrogen (secondary N) is 4. The van der Waals surface area contributed by atoms with Crippen molar-refractivity contribution in [3.05, 3.63) is 65.7 Å². The monoisotopic (exact) mass is 394 g/mol. The lowest BCUT2D eigenvalue weighted by Crippen LogP contribution is -2.57. The van der Waals surface area contributed by atoms with Crippen molar-refractivity contribution in [2.75, 3.05) is 11.9 Å². The zero-order valence-corrected chi connectivity index (χ0v) is 17.0. The fraction of sp³-hybridized carbons (Fsp3) is 0.391. The minimum Gasteiger partial charge on any atom is -0.334 e. The predicted molar refractivity (Wildman–Crippen MR) is 115 cm³/mol. The molecule has 3 amide bonds. The lowest BCUT2D eigenvalue weighted by atomic mass is 9.96. The highest BCUT2D eigenvalue weighted by Crippen LogP contribution is 2.31. The maximum absolute atomic E-state index is 13.1. The number of carbonyl (C=O) groups is 2. The van der Waals surface area contributed by atoms with Crippen molar-refractivity contribution in [2.45, 2.75) is 51.2 Å². The molecule has 0 bridgehead atoms. The number of carbonyl (C=O) groups excluding carboxylic acids is 2. The lowest BCUT2D eigenvalue weighted by Gasteiger charge is -2.29. The molecular formula is C23H30N4O2. The molecule has 1 aliphatic rings. The molecule has 6 heteroatoms. The molecule has 0 unspecified atom stereocenters. The van der Waals surface area contributed by atoms with Crippen LogP contribution in [0.3, 0.4) is 0 Å². The van der Waals surface area contributed by atoms with Gasteiger partial charge in [0.1, 0.15) is 5.54 Å². The van der Waals surface area contributed by atoms with Crippen LogP contribution in [0.15, 0.2) is 54.6 Å². The molecular weight excluding hydrogens is 364 g/mol. The fourth-order valence-corrected chi connectivity index (χ4v) is 3.71. The molecule has 4 N–H and O–H groups in total. The summed E-state index contributed by atoms with van der Waals surface area (Å²) in [5, 5.41) is 12.1. The summed E-state index contributed by atoms with van der Waals surface area (Å²) in [6, 6.07) is 17.2. The first kappa shape index (κ1) is 20.9. The van der Waals surface area contributed by atoms with Crippen molar-refractivity contribution >= 4 is 17.6 Å². The van der Waals surface area contributed by atoms with Crippen LogP contribution in [0.1, 0.15) is 43.7 Å². The molecule has 1 fully saturated rings. The molecule has 0 spiro atoms. The van der Waals surface area contributed by atoms with Crippen LogP contribution < -0.4 is 21.3 Å². The molecule has 0 radical (unpaired) electrons. The average molecular weight is 395 g/mol. The summed E-state index contributed by atoms with van der Waals surface area (Å²) < 4.78 is 0. The Balaban J connectivity index is 1.61. The molecule has 0 aliphatic heterocycles. The quantitative estimate of drug-likeness (QED) is 0.553. The molecule has 154 valence electrons. The van der Waals surface area contributed by atoms with Crippen LogP contribution in [0, 0.1) is 0 Å². The minimum atomic E-state index is -0.863. The van der Waals surface area contributed by atoms with Gasteiger partial charge in [-0.15, -0.1) is 0 Å². The summed E-state index contributed by atoms with van der Waals surface area (Å²) in [6.07, 6.45) is 3.14. The Bertz CT molecular complexity index is 817. The zero-order valence-electron chi connectivity index (χ0n) is 17.0. The van der Waals surface area contributed by atoms with Gasteiger partial charge in [0, 0.05) is 18.8 Å². The second-order valence-electron chi connectivity index (χ2n) is 7.52. The third kappa shape index (κ3) is 5.81. The van der Waals surface area contributed by atoms with E-state index >= 15 is 0 Å². The summed E-state index contributed by atoms with van der Waals surface area (Å²) in [5.41, 5.74) is 2.02. The van der Waals surface area contributed by atoms with Crippen LogP contribution in [0.25, 0.3) is 0 Å². The summed E-state index contributed by atoms with van der Waals surface area (Å²) in [6.45, 7) is 4.13. The number of anilines is 1. The first-order chi connectivity index (χ1) is 14.1. The van der Waals surface area contributed by atoms with Crippen molar-refractivity contribution in [1.29, 1.82) is 0 Å². The van der Waals surface area contributed by atoms with E-state index < -0.39 is 5.54 Å². The average Bonchev–Trinajstić information content (AvgIpc) is 3.21. The zero-order chi connectivity index (χ0) is 20.5. The molecule has 0 atom stereocenters. The van der Waals surface area contributed by atoms with Crippen molar-refractivity contribution in [3.8, 4) is 0 Å². The summed E-state index contributed by atoms with van der Waals surface area (Å²) >= 11 is 0. The van der Waals surface area contributed by atoms with E-state index in [4.69, 9.17) is 0 Å². The highest BCUT2D eigenvalue weighted by atomic mass is 16.2. The first-order valence-electron chi connectivity index (χ1n) is 10.3. The van der Waals surface area contributed by atoms with Gasteiger partial charge in [0.25, 0.3) is 0 Å². The number of benzene rings is 2. The van der Waals surface area contributed by atoms with E-state index in [1.807, 2.05) is 54.6 Å². The summed E-state index contributed by atoms with van der Waals surface area (Å²) in [4.78, 5) is 25.6. The second-order valence-corrected chi connectivity index (χ2v) is 7.52. The predicted octanol–water partition coefficient (Wildman–Crippen LogP) is 3.55. The maximum Gasteiger partial charge on any atom is 0.315 e. The Kier molecular flexibility index (Phi) is 7.25. The number of amides is 3. The van der Waals surface area contributed by atoms with Crippen molar-refractivity contribution in [1.82, 2.24) is 16.0 Å². The van der Waals surface area contributed by atoms with Gasteiger partial charge in [0.2, 0.25) is 5.91 Å². The van der Waals surface area contributed by atoms with Gasteiger partial charge < -0.3 is 21.3 Å². The van der Waals surface area contributed by atoms with Gasteiger partial charge in [0.05, 0.1) is 0 Å². The lowest BCUT2D eigenvalue weighted by molar-refractivity contribution is -0.121. The fourth-order valence-electron chi connectivity index (χ4n) is 3.71. The molecule has 0 aromatic heterocycles. The molecule has 1 saturated carbocycles. The van der Waals surface area contributed by atoms with E-state index in [1.165, 1.54) is 0 Å². The Morgan fingerprint density at radius 3 is 2.38 bits per heavy atom. The number of hydrogen-bond acceptors (Lipinski definition) is 3. The molecule has 29 heavy (non-hydrogen) atoms. The Morgan fingerprint density at radius 2 is 1.66 bits per heavy atom. The minimum absolute atomic E-state index is 0.148. The highest BCUT2D eigenvalue weighted by molar-refractivity contribution is 6.00. The highest BCUT2D eigenvalue weighted by Gasteiger charge is 2.42. The maximum atomic E-state index is 13.1. The SMILES string of the molecule is CCNCc1cccc(NC(=O)C2(NC(=O)NCc3ccccc3)CCCC2)c1. The van der Waals surface area contributed by atoms with E-state index in [1.54, 1.807) is 0 Å². The van der Waals surface area contributed by atoms with Crippen LogP contribution in [-0.4, -0.2) is 24.0 Å². The van der Waals surface area contributed by atoms with Gasteiger partial charge in [-0.05, 0) is 42.6 Å². The number of rotatable bonds is 8. The molecule has 0 heterocycles. The largest absolute Gasteiger partial charge is 0.334 e. The van der Waals surface area contributed by atoms with E-state index in [-0.39, 0.29) is 11.9 Å². The summed E-state index contributed by atoms with van der Waals surface area (Å²) in [7, 11) is 0. The third-order valence-electron chi connectivity index (χ3n) is 5.30. The first-order valence-corrected chi connectivity index (χ1v) is 10.3. The molecule has 1 aliphatic carbocycles. The van der Waals surface area contributed by atoms with Crippen molar-refractivity contribution < 1.29 is 9.59 Å². The van der Waals surface area contributed by atoms with Gasteiger partial charge in [-0.25, -0.2) is 4.79 Å². The van der Waals surface area contributed by atoms with Crippen LogP contribution >= 0.6 is 0 Å². The van der Waals surface area contributed by atoms with Crippen LogP contribution in [0.4, 0.5) is 10.5 Å². The van der Waals surface area contributed by atoms with E-state index in [0.717, 1.165) is 42.7 Å². The molecule has 0 saturated heterocycles. The number of urea groups is 1. The van der Waals surface area contributed by atoms with Gasteiger partial charge in [0.15, 0.2) is 0 Å². The topological polar surface area (TPSA) is 82.3 Å². The number of hydrogen-bond donors (Lipinski definition) is 4. The smallest absolute Gasteiger partial charge is 0.315 e. The van der Waals surface area contributed by atoms with Gasteiger partial charge in [-0.3, -0.25) is 4.79 Å². The summed E-state index contributed by atoms with van der Waals surface area (Å²) in [5.74, 6) is -0.148. The third-order valence-corrected chi connectivity index (χ3v) is 5.30. The van der Waals surface area contributed by atoms with Crippen LogP contribution in [0.5, 0.6) is 0 Å². The normalized spacial score (nSPS) is 14.9. The standard InChI is InChI=1S/C23H30N4O2/c1-2-24-16-19-11-8-12-20(15-19)26-21(28)23(13-6-7-14-23)27-22(29)25-17-18-9-4-3-5-10-18/h3-5,8-12,15,24H,2,6-7,13-14,16-17H2,1H3,(H,26,28)(H2,25,27,29). The molecule has 2 aromatic rings. The van der Waals surface area contributed by atoms with E-state index in [9.17, 15) is 9.59 Å². The van der Waals surface area contributed by atoms with Gasteiger partial charge in [-0.2, -0.15) is 0 Å². The Labute approximate surface area is 172 Å².